The normalized spacial score (nSPS) is 15.0. The summed E-state index contributed by atoms with van der Waals surface area (Å²) < 4.78 is 16.0. The molecule has 188 valence electrons. The molecule has 0 radical (unpaired) electrons. The molecule has 1 atom stereocenters. The number of likely N-dealkylation sites (tertiary alicyclic amines) is 1. The van der Waals surface area contributed by atoms with Gasteiger partial charge in [0.1, 0.15) is 0 Å². The van der Waals surface area contributed by atoms with Gasteiger partial charge < -0.3 is 24.2 Å². The smallest absolute Gasteiger partial charge is 0.258 e. The van der Waals surface area contributed by atoms with Crippen molar-refractivity contribution in [2.45, 2.75) is 13.0 Å². The molecule has 1 N–H and O–H groups in total. The number of nitrogens with zero attached hydrogens (tertiary/aromatic N) is 4. The summed E-state index contributed by atoms with van der Waals surface area (Å²) >= 11 is 0. The van der Waals surface area contributed by atoms with Crippen LogP contribution >= 0.6 is 0 Å². The van der Waals surface area contributed by atoms with Crippen molar-refractivity contribution >= 4 is 17.5 Å². The molecular weight excluding hydrogens is 474 g/mol. The molecule has 2 aromatic heterocycles. The molecule has 0 bridgehead atoms. The fourth-order valence-electron chi connectivity index (χ4n) is 4.19. The van der Waals surface area contributed by atoms with Crippen molar-refractivity contribution in [3.63, 3.8) is 0 Å². The van der Waals surface area contributed by atoms with Crippen LogP contribution in [0.5, 0.6) is 11.5 Å². The first-order chi connectivity index (χ1) is 18.0. The van der Waals surface area contributed by atoms with Crippen LogP contribution in [0.3, 0.4) is 0 Å². The van der Waals surface area contributed by atoms with Crippen molar-refractivity contribution in [2.75, 3.05) is 26.1 Å². The van der Waals surface area contributed by atoms with Crippen molar-refractivity contribution in [3.8, 4) is 34.3 Å². The molecule has 37 heavy (non-hydrogen) atoms. The Bertz CT molecular complexity index is 1400. The van der Waals surface area contributed by atoms with Crippen LogP contribution in [0.1, 0.15) is 12.0 Å². The van der Waals surface area contributed by atoms with E-state index in [-0.39, 0.29) is 18.2 Å². The molecule has 2 amide bonds. The maximum absolute atomic E-state index is 12.8. The Labute approximate surface area is 213 Å². The first-order valence-electron chi connectivity index (χ1n) is 11.7. The predicted octanol–water partition coefficient (Wildman–Crippen LogP) is 3.80. The first-order valence-corrected chi connectivity index (χ1v) is 11.7. The Morgan fingerprint density at radius 3 is 2.59 bits per heavy atom. The maximum Gasteiger partial charge on any atom is 0.258 e. The molecule has 10 nitrogen and oxygen atoms in total. The molecule has 10 heteroatoms. The molecular formula is C27H25N5O5. The molecule has 0 saturated carbocycles. The van der Waals surface area contributed by atoms with Crippen molar-refractivity contribution in [2.24, 2.45) is 5.92 Å². The van der Waals surface area contributed by atoms with Gasteiger partial charge in [0.15, 0.2) is 11.5 Å². The summed E-state index contributed by atoms with van der Waals surface area (Å²) in [4.78, 5) is 35.5. The van der Waals surface area contributed by atoms with E-state index in [0.717, 1.165) is 11.1 Å². The zero-order chi connectivity index (χ0) is 25.8. The van der Waals surface area contributed by atoms with E-state index in [2.05, 4.69) is 20.4 Å². The fourth-order valence-corrected chi connectivity index (χ4v) is 4.19. The number of nitrogens with one attached hydrogen (secondary N) is 1. The van der Waals surface area contributed by atoms with Gasteiger partial charge in [0, 0.05) is 48.7 Å². The third-order valence-corrected chi connectivity index (χ3v) is 6.15. The highest BCUT2D eigenvalue weighted by molar-refractivity contribution is 5.97. The number of hydrogen-bond acceptors (Lipinski definition) is 8. The molecule has 1 fully saturated rings. The number of aromatic nitrogens is 3. The van der Waals surface area contributed by atoms with Crippen molar-refractivity contribution < 1.29 is 23.6 Å². The largest absolute Gasteiger partial charge is 0.493 e. The van der Waals surface area contributed by atoms with Crippen molar-refractivity contribution in [3.05, 3.63) is 72.6 Å². The second-order valence-corrected chi connectivity index (χ2v) is 8.60. The number of hydrogen-bond donors (Lipinski definition) is 1. The van der Waals surface area contributed by atoms with Gasteiger partial charge in [0.2, 0.25) is 17.6 Å². The van der Waals surface area contributed by atoms with E-state index in [4.69, 9.17) is 14.0 Å². The Hall–Kier alpha value is -4.73. The monoisotopic (exact) mass is 499 g/mol. The zero-order valence-electron chi connectivity index (χ0n) is 20.4. The van der Waals surface area contributed by atoms with E-state index in [1.165, 1.54) is 0 Å². The van der Waals surface area contributed by atoms with Crippen molar-refractivity contribution in [1.82, 2.24) is 20.0 Å². The van der Waals surface area contributed by atoms with Gasteiger partial charge in [-0.15, -0.1) is 0 Å². The van der Waals surface area contributed by atoms with Crippen LogP contribution in [0.15, 0.2) is 71.5 Å². The third kappa shape index (κ3) is 5.27. The van der Waals surface area contributed by atoms with Gasteiger partial charge >= 0.3 is 0 Å². The molecule has 1 saturated heterocycles. The van der Waals surface area contributed by atoms with E-state index in [9.17, 15) is 9.59 Å². The van der Waals surface area contributed by atoms with Gasteiger partial charge in [-0.2, -0.15) is 4.98 Å². The Morgan fingerprint density at radius 2 is 1.86 bits per heavy atom. The highest BCUT2D eigenvalue weighted by Gasteiger charge is 2.34. The van der Waals surface area contributed by atoms with E-state index >= 15 is 0 Å². The standard InChI is InChI=1S/C27H25N5O5/c1-35-22-10-7-19(12-23(22)36-2)25-30-27(37-31-25)18-5-8-21(9-6-18)29-26(34)20-13-24(33)32(16-20)15-17-4-3-11-28-14-17/h3-12,14,20H,13,15-16H2,1-2H3,(H,29,34). The highest BCUT2D eigenvalue weighted by Crippen LogP contribution is 2.32. The Morgan fingerprint density at radius 1 is 1.08 bits per heavy atom. The Balaban J connectivity index is 1.21. The molecule has 3 heterocycles. The minimum atomic E-state index is -0.413. The number of ether oxygens (including phenoxy) is 2. The van der Waals surface area contributed by atoms with Gasteiger partial charge in [-0.25, -0.2) is 0 Å². The minimum Gasteiger partial charge on any atom is -0.493 e. The predicted molar refractivity (Wildman–Crippen MR) is 135 cm³/mol. The summed E-state index contributed by atoms with van der Waals surface area (Å²) in [6.45, 7) is 0.819. The first kappa shape index (κ1) is 24.0. The number of amides is 2. The lowest BCUT2D eigenvalue weighted by Crippen LogP contribution is -2.28. The Kier molecular flexibility index (Phi) is 6.80. The second kappa shape index (κ2) is 10.5. The number of carbonyl (C=O) groups is 2. The van der Waals surface area contributed by atoms with Crippen LogP contribution in [-0.4, -0.2) is 52.6 Å². The number of methoxy groups -OCH3 is 2. The summed E-state index contributed by atoms with van der Waals surface area (Å²) in [5.74, 6) is 1.28. The van der Waals surface area contributed by atoms with Crippen LogP contribution < -0.4 is 14.8 Å². The third-order valence-electron chi connectivity index (χ3n) is 6.15. The van der Waals surface area contributed by atoms with Gasteiger partial charge in [0.25, 0.3) is 5.89 Å². The van der Waals surface area contributed by atoms with Crippen LogP contribution in [0.2, 0.25) is 0 Å². The van der Waals surface area contributed by atoms with Crippen LogP contribution in [-0.2, 0) is 16.1 Å². The van der Waals surface area contributed by atoms with Gasteiger partial charge in [0.05, 0.1) is 20.1 Å². The summed E-state index contributed by atoms with van der Waals surface area (Å²) in [6, 6.07) is 16.2. The molecule has 0 spiro atoms. The van der Waals surface area contributed by atoms with Gasteiger partial charge in [-0.05, 0) is 54.1 Å². The molecule has 1 unspecified atom stereocenters. The average molecular weight is 500 g/mol. The zero-order valence-corrected chi connectivity index (χ0v) is 20.4. The quantitative estimate of drug-likeness (QED) is 0.389. The van der Waals surface area contributed by atoms with Crippen LogP contribution in [0.25, 0.3) is 22.8 Å². The number of rotatable bonds is 8. The summed E-state index contributed by atoms with van der Waals surface area (Å²) in [7, 11) is 3.13. The number of benzene rings is 2. The maximum atomic E-state index is 12.8. The van der Waals surface area contributed by atoms with Gasteiger partial charge in [-0.1, -0.05) is 11.2 Å². The average Bonchev–Trinajstić information content (AvgIpc) is 3.57. The molecule has 4 aromatic rings. The minimum absolute atomic E-state index is 0.0407. The van der Waals surface area contributed by atoms with E-state index in [0.29, 0.717) is 47.6 Å². The lowest BCUT2D eigenvalue weighted by Gasteiger charge is -2.16. The SMILES string of the molecule is COc1ccc(-c2noc(-c3ccc(NC(=O)C4CC(=O)N(Cc5cccnc5)C4)cc3)n2)cc1OC. The fraction of sp³-hybridized carbons (Fsp3) is 0.222. The topological polar surface area (TPSA) is 120 Å². The van der Waals surface area contributed by atoms with Gasteiger partial charge in [-0.3, -0.25) is 14.6 Å². The molecule has 5 rings (SSSR count). The summed E-state index contributed by atoms with van der Waals surface area (Å²) in [5, 5.41) is 6.97. The van der Waals surface area contributed by atoms with Crippen LogP contribution in [0, 0.1) is 5.92 Å². The molecule has 1 aliphatic heterocycles. The lowest BCUT2D eigenvalue weighted by atomic mass is 10.1. The molecule has 0 aliphatic carbocycles. The number of anilines is 1. The van der Waals surface area contributed by atoms with E-state index < -0.39 is 5.92 Å². The number of pyridine rings is 1. The summed E-state index contributed by atoms with van der Waals surface area (Å²) in [5.41, 5.74) is 2.98. The van der Waals surface area contributed by atoms with Crippen LogP contribution in [0.4, 0.5) is 5.69 Å². The second-order valence-electron chi connectivity index (χ2n) is 8.60. The summed E-state index contributed by atoms with van der Waals surface area (Å²) in [6.07, 6.45) is 3.60. The lowest BCUT2D eigenvalue weighted by molar-refractivity contribution is -0.128. The molecule has 2 aromatic carbocycles. The van der Waals surface area contributed by atoms with E-state index in [1.54, 1.807) is 67.9 Å². The number of carbonyl (C=O) groups excluding carboxylic acids is 2. The highest BCUT2D eigenvalue weighted by atomic mass is 16.5. The molecule has 1 aliphatic rings. The van der Waals surface area contributed by atoms with Crippen molar-refractivity contribution in [1.29, 1.82) is 0 Å². The van der Waals surface area contributed by atoms with E-state index in [1.807, 2.05) is 18.2 Å².